The number of rotatable bonds is 8. The van der Waals surface area contributed by atoms with E-state index in [1.165, 1.54) is 21.6 Å². The molecule has 6 heteroatoms. The van der Waals surface area contributed by atoms with Gasteiger partial charge in [0.1, 0.15) is 0 Å². The lowest BCUT2D eigenvalue weighted by molar-refractivity contribution is -0.115. The third-order valence-electron chi connectivity index (χ3n) is 5.30. The van der Waals surface area contributed by atoms with Crippen LogP contribution in [0.4, 0.5) is 0 Å². The normalized spacial score (nSPS) is 17.9. The molecule has 4 nitrogen and oxygen atoms in total. The molecule has 0 saturated carbocycles. The van der Waals surface area contributed by atoms with Crippen LogP contribution in [-0.2, 0) is 21.2 Å². The Bertz CT molecular complexity index is 895. The van der Waals surface area contributed by atoms with Gasteiger partial charge in [-0.15, -0.1) is 0 Å². The van der Waals surface area contributed by atoms with E-state index in [1.807, 2.05) is 25.1 Å². The number of aryl methyl sites for hydroxylation is 2. The summed E-state index contributed by atoms with van der Waals surface area (Å²) in [5, 5.41) is -0.0138. The lowest BCUT2D eigenvalue weighted by atomic mass is 10.1. The number of carbonyl (C=O) groups is 1. The SMILES string of the molecule is Cc1ccc(S(=O)(=O)N2CCCCC2C(=O)SCCCCc2ccccc2)cc1. The van der Waals surface area contributed by atoms with E-state index in [0.29, 0.717) is 13.0 Å². The zero-order valence-corrected chi connectivity index (χ0v) is 18.6. The number of hydrogen-bond donors (Lipinski definition) is 0. The molecule has 0 aromatic heterocycles. The van der Waals surface area contributed by atoms with Crippen molar-refractivity contribution in [2.45, 2.75) is 56.4 Å². The minimum atomic E-state index is -3.65. The predicted octanol–water partition coefficient (Wildman–Crippen LogP) is 4.82. The number of hydrogen-bond acceptors (Lipinski definition) is 4. The molecule has 0 radical (unpaired) electrons. The quantitative estimate of drug-likeness (QED) is 0.562. The summed E-state index contributed by atoms with van der Waals surface area (Å²) in [4.78, 5) is 13.1. The van der Waals surface area contributed by atoms with Crippen LogP contribution >= 0.6 is 11.8 Å². The zero-order valence-electron chi connectivity index (χ0n) is 16.9. The third kappa shape index (κ3) is 5.93. The fraction of sp³-hybridized carbons (Fsp3) is 0.435. The molecule has 2 aromatic carbocycles. The maximum Gasteiger partial charge on any atom is 0.243 e. The second kappa shape index (κ2) is 10.4. The highest BCUT2D eigenvalue weighted by atomic mass is 32.2. The van der Waals surface area contributed by atoms with Crippen molar-refractivity contribution >= 4 is 26.9 Å². The maximum absolute atomic E-state index is 13.1. The van der Waals surface area contributed by atoms with E-state index < -0.39 is 16.1 Å². The van der Waals surface area contributed by atoms with E-state index in [1.54, 1.807) is 24.3 Å². The van der Waals surface area contributed by atoms with Gasteiger partial charge < -0.3 is 0 Å². The Morgan fingerprint density at radius 3 is 2.48 bits per heavy atom. The minimum Gasteiger partial charge on any atom is -0.285 e. The van der Waals surface area contributed by atoms with Gasteiger partial charge in [0.15, 0.2) is 0 Å². The molecular formula is C23H29NO3S2. The molecule has 1 aliphatic rings. The van der Waals surface area contributed by atoms with Crippen LogP contribution in [0, 0.1) is 6.92 Å². The summed E-state index contributed by atoms with van der Waals surface area (Å²) in [5.74, 6) is 0.737. The van der Waals surface area contributed by atoms with Crippen molar-refractivity contribution in [2.24, 2.45) is 0 Å². The number of piperidine rings is 1. The Labute approximate surface area is 178 Å². The van der Waals surface area contributed by atoms with Crippen molar-refractivity contribution in [3.63, 3.8) is 0 Å². The van der Waals surface area contributed by atoms with E-state index in [2.05, 4.69) is 12.1 Å². The van der Waals surface area contributed by atoms with Crippen molar-refractivity contribution in [1.82, 2.24) is 4.31 Å². The molecule has 1 unspecified atom stereocenters. The van der Waals surface area contributed by atoms with Crippen LogP contribution < -0.4 is 0 Å². The van der Waals surface area contributed by atoms with Crippen molar-refractivity contribution in [1.29, 1.82) is 0 Å². The van der Waals surface area contributed by atoms with Gasteiger partial charge in [-0.2, -0.15) is 4.31 Å². The number of nitrogens with zero attached hydrogens (tertiary/aromatic N) is 1. The first kappa shape index (κ1) is 22.1. The summed E-state index contributed by atoms with van der Waals surface area (Å²) in [6.45, 7) is 2.35. The average Bonchev–Trinajstić information content (AvgIpc) is 2.74. The number of benzene rings is 2. The van der Waals surface area contributed by atoms with Gasteiger partial charge in [-0.3, -0.25) is 4.79 Å². The molecule has 1 aliphatic heterocycles. The molecule has 1 fully saturated rings. The monoisotopic (exact) mass is 431 g/mol. The molecule has 29 heavy (non-hydrogen) atoms. The lowest BCUT2D eigenvalue weighted by Gasteiger charge is -2.33. The van der Waals surface area contributed by atoms with Gasteiger partial charge in [-0.25, -0.2) is 8.42 Å². The van der Waals surface area contributed by atoms with E-state index >= 15 is 0 Å². The largest absolute Gasteiger partial charge is 0.285 e. The molecular weight excluding hydrogens is 402 g/mol. The standard InChI is InChI=1S/C23H29NO3S2/c1-19-13-15-21(16-14-19)29(26,27)24-17-7-5-12-22(24)23(25)28-18-8-6-11-20-9-3-2-4-10-20/h2-4,9-10,13-16,22H,5-8,11-12,17-18H2,1H3. The first-order valence-corrected chi connectivity index (χ1v) is 12.7. The summed E-state index contributed by atoms with van der Waals surface area (Å²) in [5.41, 5.74) is 2.33. The Balaban J connectivity index is 1.55. The van der Waals surface area contributed by atoms with Gasteiger partial charge in [0.05, 0.1) is 10.9 Å². The zero-order chi connectivity index (χ0) is 20.7. The topological polar surface area (TPSA) is 54.5 Å². The fourth-order valence-corrected chi connectivity index (χ4v) is 6.33. The smallest absolute Gasteiger partial charge is 0.243 e. The predicted molar refractivity (Wildman–Crippen MR) is 120 cm³/mol. The Morgan fingerprint density at radius 1 is 1.03 bits per heavy atom. The van der Waals surface area contributed by atoms with Gasteiger partial charge >= 0.3 is 0 Å². The molecule has 1 heterocycles. The third-order valence-corrected chi connectivity index (χ3v) is 8.27. The maximum atomic E-state index is 13.1. The minimum absolute atomic E-state index is 0.0138. The van der Waals surface area contributed by atoms with Gasteiger partial charge in [0.2, 0.25) is 15.1 Å². The summed E-state index contributed by atoms with van der Waals surface area (Å²) in [6, 6.07) is 16.7. The molecule has 1 saturated heterocycles. The van der Waals surface area contributed by atoms with Crippen LogP contribution in [-0.4, -0.2) is 36.2 Å². The molecule has 3 rings (SSSR count). The number of thioether (sulfide) groups is 1. The van der Waals surface area contributed by atoms with Crippen molar-refractivity contribution in [2.75, 3.05) is 12.3 Å². The fourth-order valence-electron chi connectivity index (χ4n) is 3.62. The van der Waals surface area contributed by atoms with Gasteiger partial charge in [-0.1, -0.05) is 66.2 Å². The number of sulfonamides is 1. The van der Waals surface area contributed by atoms with E-state index in [4.69, 9.17) is 0 Å². The first-order valence-electron chi connectivity index (χ1n) is 10.3. The Hall–Kier alpha value is -1.63. The molecule has 0 spiro atoms. The van der Waals surface area contributed by atoms with E-state index in [0.717, 1.165) is 43.4 Å². The average molecular weight is 432 g/mol. The molecule has 0 bridgehead atoms. The van der Waals surface area contributed by atoms with Gasteiger partial charge in [-0.05, 0) is 56.7 Å². The van der Waals surface area contributed by atoms with Crippen molar-refractivity contribution < 1.29 is 13.2 Å². The Morgan fingerprint density at radius 2 is 1.76 bits per heavy atom. The summed E-state index contributed by atoms with van der Waals surface area (Å²) < 4.78 is 27.7. The number of unbranched alkanes of at least 4 members (excludes halogenated alkanes) is 1. The van der Waals surface area contributed by atoms with Crippen LogP contribution in [0.5, 0.6) is 0 Å². The molecule has 0 amide bonds. The molecule has 0 N–H and O–H groups in total. The highest BCUT2D eigenvalue weighted by Crippen LogP contribution is 2.28. The van der Waals surface area contributed by atoms with Gasteiger partial charge in [0, 0.05) is 12.3 Å². The highest BCUT2D eigenvalue weighted by Gasteiger charge is 2.37. The number of carbonyl (C=O) groups excluding carboxylic acids is 1. The van der Waals surface area contributed by atoms with E-state index in [9.17, 15) is 13.2 Å². The van der Waals surface area contributed by atoms with Crippen LogP contribution in [0.2, 0.25) is 0 Å². The van der Waals surface area contributed by atoms with Crippen LogP contribution in [0.1, 0.15) is 43.2 Å². The van der Waals surface area contributed by atoms with Gasteiger partial charge in [0.25, 0.3) is 0 Å². The molecule has 0 aliphatic carbocycles. The summed E-state index contributed by atoms with van der Waals surface area (Å²) in [6.07, 6.45) is 5.29. The van der Waals surface area contributed by atoms with Crippen LogP contribution in [0.15, 0.2) is 59.5 Å². The van der Waals surface area contributed by atoms with Crippen LogP contribution in [0.25, 0.3) is 0 Å². The first-order chi connectivity index (χ1) is 14.0. The Kier molecular flexibility index (Phi) is 7.92. The lowest BCUT2D eigenvalue weighted by Crippen LogP contribution is -2.47. The molecule has 156 valence electrons. The van der Waals surface area contributed by atoms with Crippen LogP contribution in [0.3, 0.4) is 0 Å². The molecule has 1 atom stereocenters. The van der Waals surface area contributed by atoms with Crippen molar-refractivity contribution in [3.05, 3.63) is 65.7 Å². The van der Waals surface area contributed by atoms with Crippen molar-refractivity contribution in [3.8, 4) is 0 Å². The summed E-state index contributed by atoms with van der Waals surface area (Å²) in [7, 11) is -3.65. The second-order valence-corrected chi connectivity index (χ2v) is 10.5. The highest BCUT2D eigenvalue weighted by molar-refractivity contribution is 8.13. The molecule has 2 aromatic rings. The summed E-state index contributed by atoms with van der Waals surface area (Å²) >= 11 is 1.29. The second-order valence-electron chi connectivity index (χ2n) is 7.55. The van der Waals surface area contributed by atoms with E-state index in [-0.39, 0.29) is 10.0 Å².